The summed E-state index contributed by atoms with van der Waals surface area (Å²) in [4.78, 5) is 29.4. The van der Waals surface area contributed by atoms with Crippen LogP contribution in [0.25, 0.3) is 0 Å². The number of carbonyl (C=O) groups is 2. The largest absolute Gasteiger partial charge is 0.459 e. The average Bonchev–Trinajstić information content (AvgIpc) is 3.63. The van der Waals surface area contributed by atoms with E-state index in [2.05, 4.69) is 0 Å². The van der Waals surface area contributed by atoms with E-state index in [9.17, 15) is 55.9 Å². The molecule has 0 aromatic carbocycles. The highest BCUT2D eigenvalue weighted by Gasteiger charge is 2.85. The minimum atomic E-state index is -2.25. The summed E-state index contributed by atoms with van der Waals surface area (Å²) in [6.07, 6.45) is -11.0. The van der Waals surface area contributed by atoms with Crippen LogP contribution in [0, 0.1) is 45.3 Å². The molecule has 0 unspecified atom stereocenters. The molecule has 17 heteroatoms. The highest BCUT2D eigenvalue weighted by Crippen LogP contribution is 2.76. The molecular formula is C42H62O17. The van der Waals surface area contributed by atoms with E-state index in [1.807, 2.05) is 26.8 Å². The molecule has 0 radical (unpaired) electrons. The van der Waals surface area contributed by atoms with Crippen LogP contribution in [0.5, 0.6) is 0 Å². The first kappa shape index (κ1) is 43.7. The van der Waals surface area contributed by atoms with Crippen molar-refractivity contribution >= 4 is 11.6 Å². The number of aliphatic hydroxyl groups excluding tert-OH is 8. The summed E-state index contributed by atoms with van der Waals surface area (Å²) in [5.41, 5.74) is -9.43. The summed E-state index contributed by atoms with van der Waals surface area (Å²) < 4.78 is 31.1. The van der Waals surface area contributed by atoms with Gasteiger partial charge >= 0.3 is 0 Å². The second-order valence-corrected chi connectivity index (χ2v) is 20.6. The van der Waals surface area contributed by atoms with Crippen LogP contribution in [0.1, 0.15) is 74.7 Å². The molecule has 6 fully saturated rings. The average molecular weight is 839 g/mol. The predicted octanol–water partition coefficient (Wildman–Crippen LogP) is -1.65. The number of aliphatic hydroxyl groups is 10. The number of Topliss-reactive ketones (excluding diaryl/α,β-unsaturated/α-hetero) is 2. The standard InChI is InChI=1S/C42H62O17/c1-35(2)17-9-10-23-37(5)12-19(46)29(40(8,53)42-30-33(36(3,4)59-42)57-32(41(30,54)16-45)28(58-42)20(47)14-43)38(37,6)13-24(48)39(23,7)18(17)11-21(31(35)52)55-34-27(51)26(50)25(49)22(15-44)56-34/h9,11,18-20,22-23,25-30,32-34,43-47,49-51,53-54H,10,12-16H2,1-8H3/t18-,19-,20-,22-,23+,25-,26+,27-,28-,29+,30+,32+,33+,34-,37+,38-,39+,40-,41-,42-/m1/s1. The van der Waals surface area contributed by atoms with Crippen LogP contribution in [-0.4, -0.2) is 166 Å². The Hall–Kier alpha value is -1.94. The molecule has 0 spiro atoms. The van der Waals surface area contributed by atoms with Crippen LogP contribution >= 0.6 is 0 Å². The molecule has 332 valence electrons. The summed E-state index contributed by atoms with van der Waals surface area (Å²) in [6.45, 7) is 11.5. The van der Waals surface area contributed by atoms with Crippen LogP contribution in [-0.2, 0) is 33.3 Å². The van der Waals surface area contributed by atoms with Crippen molar-refractivity contribution in [3.8, 4) is 0 Å². The molecule has 0 aromatic heterocycles. The minimum absolute atomic E-state index is 0.105. The third kappa shape index (κ3) is 5.23. The van der Waals surface area contributed by atoms with Crippen molar-refractivity contribution in [2.45, 2.75) is 158 Å². The number of carbonyl (C=O) groups excluding carboxylic acids is 2. The van der Waals surface area contributed by atoms with Gasteiger partial charge in [0.05, 0.1) is 49.0 Å². The molecule has 2 saturated carbocycles. The van der Waals surface area contributed by atoms with E-state index in [0.29, 0.717) is 12.0 Å². The Morgan fingerprint density at radius 1 is 0.932 bits per heavy atom. The third-order valence-electron chi connectivity index (χ3n) is 17.0. The first-order valence-electron chi connectivity index (χ1n) is 20.7. The van der Waals surface area contributed by atoms with Crippen molar-refractivity contribution in [2.75, 3.05) is 19.8 Å². The van der Waals surface area contributed by atoms with E-state index in [1.165, 1.54) is 13.0 Å². The molecule has 8 aliphatic rings. The quantitative estimate of drug-likeness (QED) is 0.123. The van der Waals surface area contributed by atoms with Crippen molar-refractivity contribution in [3.63, 3.8) is 0 Å². The van der Waals surface area contributed by atoms with Gasteiger partial charge in [0.2, 0.25) is 17.9 Å². The first-order chi connectivity index (χ1) is 27.2. The smallest absolute Gasteiger partial charge is 0.229 e. The minimum Gasteiger partial charge on any atom is -0.459 e. The Labute approximate surface area is 342 Å². The van der Waals surface area contributed by atoms with Gasteiger partial charge in [-0.1, -0.05) is 32.4 Å². The lowest BCUT2D eigenvalue weighted by Gasteiger charge is -2.65. The summed E-state index contributed by atoms with van der Waals surface area (Å²) in [7, 11) is 0. The van der Waals surface area contributed by atoms with Gasteiger partial charge in [-0.15, -0.1) is 0 Å². The third-order valence-corrected chi connectivity index (χ3v) is 17.0. The van der Waals surface area contributed by atoms with Gasteiger partial charge in [-0.2, -0.15) is 0 Å². The van der Waals surface area contributed by atoms with E-state index in [1.54, 1.807) is 27.7 Å². The summed E-state index contributed by atoms with van der Waals surface area (Å²) in [5.74, 6) is -6.80. The molecule has 0 amide bonds. The lowest BCUT2D eigenvalue weighted by molar-refractivity contribution is -0.421. The summed E-state index contributed by atoms with van der Waals surface area (Å²) in [6, 6.07) is 0. The number of rotatable bonds is 8. The van der Waals surface area contributed by atoms with Crippen molar-refractivity contribution in [2.24, 2.45) is 45.3 Å². The van der Waals surface area contributed by atoms with E-state index in [-0.39, 0.29) is 24.4 Å². The molecule has 17 nitrogen and oxygen atoms in total. The van der Waals surface area contributed by atoms with Gasteiger partial charge in [-0.3, -0.25) is 9.59 Å². The number of fused-ring (bicyclic) bond motifs is 6. The van der Waals surface area contributed by atoms with Gasteiger partial charge in [0.1, 0.15) is 59.7 Å². The Morgan fingerprint density at radius 2 is 1.59 bits per heavy atom. The van der Waals surface area contributed by atoms with E-state index in [0.717, 1.165) is 0 Å². The second-order valence-electron chi connectivity index (χ2n) is 20.6. The number of ether oxygens (including phenoxy) is 5. The van der Waals surface area contributed by atoms with Crippen LogP contribution in [0.4, 0.5) is 0 Å². The summed E-state index contributed by atoms with van der Waals surface area (Å²) in [5, 5.41) is 111. The Morgan fingerprint density at radius 3 is 2.20 bits per heavy atom. The van der Waals surface area contributed by atoms with Crippen LogP contribution < -0.4 is 0 Å². The fraction of sp³-hybridized carbons (Fsp3) is 0.857. The van der Waals surface area contributed by atoms with Crippen LogP contribution in [0.15, 0.2) is 23.5 Å². The molecule has 10 N–H and O–H groups in total. The van der Waals surface area contributed by atoms with E-state index in [4.69, 9.17) is 23.7 Å². The SMILES string of the molecule is CC1(C)C(=O)C(O[C@@H]2O[C@H](CO)[C@@H](O)[C@H](O)[C@H]2O)=C[C@@H]2C1=CC[C@@H]1[C@@]2(C)C(=O)C[C@]2(C)[C@@H]([C@@](C)(O)[C@@]34O[C@H]([C@H](O)CO)[C@@H]5O[C@@H]([C@H]3[C@]5(O)CO)C(C)(C)O4)[C@H](O)C[C@@]12C. The lowest BCUT2D eigenvalue weighted by Crippen LogP contribution is -2.77. The highest BCUT2D eigenvalue weighted by atomic mass is 16.8. The zero-order chi connectivity index (χ0) is 43.6. The first-order valence-corrected chi connectivity index (χ1v) is 20.7. The van der Waals surface area contributed by atoms with Crippen molar-refractivity contribution in [1.82, 2.24) is 0 Å². The molecule has 4 saturated heterocycles. The molecule has 4 aliphatic heterocycles. The van der Waals surface area contributed by atoms with Gasteiger partial charge < -0.3 is 74.7 Å². The van der Waals surface area contributed by atoms with E-state index >= 15 is 4.79 Å². The number of ketones is 2. The molecular weight excluding hydrogens is 776 g/mol. The molecule has 4 aliphatic carbocycles. The Balaban J connectivity index is 1.20. The fourth-order valence-corrected chi connectivity index (χ4v) is 13.8. The Bertz CT molecular complexity index is 1830. The fourth-order valence-electron chi connectivity index (χ4n) is 13.8. The lowest BCUT2D eigenvalue weighted by atomic mass is 9.39. The topological polar surface area (TPSA) is 283 Å². The number of hydrogen-bond acceptors (Lipinski definition) is 17. The summed E-state index contributed by atoms with van der Waals surface area (Å²) >= 11 is 0. The molecule has 20 atom stereocenters. The monoisotopic (exact) mass is 838 g/mol. The van der Waals surface area contributed by atoms with Gasteiger partial charge in [0.25, 0.3) is 0 Å². The van der Waals surface area contributed by atoms with Gasteiger partial charge in [-0.25, -0.2) is 0 Å². The van der Waals surface area contributed by atoms with Crippen molar-refractivity contribution in [3.05, 3.63) is 23.5 Å². The zero-order valence-electron chi connectivity index (χ0n) is 34.8. The maximum absolute atomic E-state index is 15.3. The van der Waals surface area contributed by atoms with E-state index < -0.39 is 155 Å². The zero-order valence-corrected chi connectivity index (χ0v) is 34.8. The molecule has 2 bridgehead atoms. The molecule has 8 rings (SSSR count). The maximum Gasteiger partial charge on any atom is 0.229 e. The van der Waals surface area contributed by atoms with Crippen LogP contribution in [0.3, 0.4) is 0 Å². The highest BCUT2D eigenvalue weighted by molar-refractivity contribution is 6.02. The van der Waals surface area contributed by atoms with Gasteiger partial charge in [-0.05, 0) is 70.3 Å². The van der Waals surface area contributed by atoms with Crippen LogP contribution in [0.2, 0.25) is 0 Å². The maximum atomic E-state index is 15.3. The molecule has 59 heavy (non-hydrogen) atoms. The molecule has 0 aromatic rings. The van der Waals surface area contributed by atoms with Gasteiger partial charge in [0, 0.05) is 23.7 Å². The number of hydrogen-bond donors (Lipinski definition) is 10. The van der Waals surface area contributed by atoms with Gasteiger partial charge in [0.15, 0.2) is 5.76 Å². The van der Waals surface area contributed by atoms with Crippen molar-refractivity contribution in [1.29, 1.82) is 0 Å². The number of allylic oxidation sites excluding steroid dienone is 4. The second kappa shape index (κ2) is 13.3. The normalized spacial score (nSPS) is 53.4. The Kier molecular flexibility index (Phi) is 9.85. The molecule has 4 heterocycles. The predicted molar refractivity (Wildman–Crippen MR) is 200 cm³/mol. The van der Waals surface area contributed by atoms with Crippen molar-refractivity contribution < 1.29 is 84.3 Å².